The summed E-state index contributed by atoms with van der Waals surface area (Å²) in [6.07, 6.45) is -0.563. The van der Waals surface area contributed by atoms with Gasteiger partial charge in [0.15, 0.2) is 11.9 Å². The molecule has 0 aliphatic rings. The number of nitrogens with zero attached hydrogens (tertiary/aromatic N) is 1. The second-order valence-corrected chi connectivity index (χ2v) is 10.8. The lowest BCUT2D eigenvalue weighted by atomic mass is 9.89. The lowest BCUT2D eigenvalue weighted by Gasteiger charge is -2.21. The fourth-order valence-electron chi connectivity index (χ4n) is 4.10. The Labute approximate surface area is 198 Å². The zero-order valence-electron chi connectivity index (χ0n) is 19.2. The molecule has 34 heavy (non-hydrogen) atoms. The molecule has 0 saturated heterocycles. The van der Waals surface area contributed by atoms with Gasteiger partial charge in [-0.25, -0.2) is 14.2 Å². The first-order chi connectivity index (χ1) is 16.1. The van der Waals surface area contributed by atoms with Crippen molar-refractivity contribution < 1.29 is 28.9 Å². The van der Waals surface area contributed by atoms with E-state index in [1.807, 2.05) is 44.2 Å². The first kappa shape index (κ1) is 25.6. The average Bonchev–Trinajstić information content (AvgIpc) is 2.78. The van der Waals surface area contributed by atoms with Gasteiger partial charge in [0.1, 0.15) is 18.4 Å². The molecule has 0 aliphatic carbocycles. The van der Waals surface area contributed by atoms with Gasteiger partial charge in [0.05, 0.1) is 5.69 Å². The summed E-state index contributed by atoms with van der Waals surface area (Å²) in [5.41, 5.74) is 5.84. The van der Waals surface area contributed by atoms with Gasteiger partial charge in [-0.05, 0) is 47.7 Å². The van der Waals surface area contributed by atoms with Crippen LogP contribution >= 0.6 is 7.72 Å². The Morgan fingerprint density at radius 1 is 1.00 bits per heavy atom. The number of carbonyl (C=O) groups excluding carboxylic acids is 1. The largest absolute Gasteiger partial charge is 0.481 e. The molecule has 2 aromatic carbocycles. The molecule has 0 amide bonds. The van der Waals surface area contributed by atoms with Crippen LogP contribution in [0.1, 0.15) is 30.2 Å². The smallest absolute Gasteiger partial charge is 0.311 e. The third-order valence-electron chi connectivity index (χ3n) is 5.64. The monoisotopic (exact) mass is 484 g/mol. The van der Waals surface area contributed by atoms with Crippen LogP contribution in [0.25, 0.3) is 22.4 Å². The van der Waals surface area contributed by atoms with Gasteiger partial charge < -0.3 is 5.11 Å². The number of carboxylic acid groups (broad SMARTS) is 1. The number of aliphatic carboxylic acids is 1. The Morgan fingerprint density at radius 2 is 1.65 bits per heavy atom. The van der Waals surface area contributed by atoms with Gasteiger partial charge in [0, 0.05) is 17.7 Å². The molecule has 1 heterocycles. The van der Waals surface area contributed by atoms with E-state index in [1.54, 1.807) is 12.1 Å². The van der Waals surface area contributed by atoms with E-state index in [9.17, 15) is 23.8 Å². The van der Waals surface area contributed by atoms with Crippen LogP contribution in [0.2, 0.25) is 0 Å². The maximum Gasteiger partial charge on any atom is 0.311 e. The molecule has 3 N–H and O–H groups in total. The number of rotatable bonds is 10. The van der Waals surface area contributed by atoms with Crippen molar-refractivity contribution in [2.45, 2.75) is 33.1 Å². The van der Waals surface area contributed by atoms with E-state index >= 15 is 0 Å². The van der Waals surface area contributed by atoms with E-state index in [1.165, 1.54) is 12.1 Å². The lowest BCUT2D eigenvalue weighted by molar-refractivity contribution is -0.139. The van der Waals surface area contributed by atoms with Crippen LogP contribution in [0.4, 0.5) is 4.39 Å². The second-order valence-electron chi connectivity index (χ2n) is 8.23. The number of carbonyl (C=O) groups is 2. The van der Waals surface area contributed by atoms with Crippen LogP contribution in [0.3, 0.4) is 0 Å². The van der Waals surface area contributed by atoms with E-state index in [2.05, 4.69) is 0 Å². The second kappa shape index (κ2) is 11.0. The number of hydrogen-bond donors (Lipinski definition) is 3. The lowest BCUT2D eigenvalue weighted by Crippen LogP contribution is -2.17. The first-order valence-corrected chi connectivity index (χ1v) is 13.1. The molecule has 0 bridgehead atoms. The summed E-state index contributed by atoms with van der Waals surface area (Å²) in [6.45, 7) is 3.90. The molecule has 3 aromatic rings. The zero-order valence-corrected chi connectivity index (χ0v) is 20.1. The van der Waals surface area contributed by atoms with Crippen molar-refractivity contribution in [2.75, 3.05) is 12.3 Å². The molecule has 3 rings (SSSR count). The summed E-state index contributed by atoms with van der Waals surface area (Å²) in [5.74, 6) is -2.37. The third kappa shape index (κ3) is 6.32. The molecule has 0 atom stereocenters. The van der Waals surface area contributed by atoms with Crippen LogP contribution in [0.15, 0.2) is 54.6 Å². The molecular weight excluding hydrogens is 456 g/mol. The summed E-state index contributed by atoms with van der Waals surface area (Å²) in [5, 5.41) is 8.78. The van der Waals surface area contributed by atoms with Gasteiger partial charge in [-0.1, -0.05) is 49.4 Å². The van der Waals surface area contributed by atoms with Gasteiger partial charge >= 0.3 is 5.97 Å². The van der Waals surface area contributed by atoms with Crippen LogP contribution in [0.5, 0.6) is 0 Å². The highest BCUT2D eigenvalue weighted by molar-refractivity contribution is 7.65. The number of pyridine rings is 1. The van der Waals surface area contributed by atoms with Crippen LogP contribution in [-0.2, 0) is 22.4 Å². The number of carboxylic acids is 1. The molecule has 0 fully saturated rings. The van der Waals surface area contributed by atoms with Crippen LogP contribution < -0.4 is 0 Å². The maximum atomic E-state index is 13.7. The predicted molar refractivity (Wildman–Crippen MR) is 131 cm³/mol. The minimum atomic E-state index is -3.66. The Morgan fingerprint density at radius 3 is 2.24 bits per heavy atom. The molecular formula is C26H28FNO5P+. The van der Waals surface area contributed by atoms with Gasteiger partial charge in [-0.3, -0.25) is 14.6 Å². The van der Waals surface area contributed by atoms with Gasteiger partial charge in [0.25, 0.3) is 7.72 Å². The fraction of sp³-hybridized carbons (Fsp3) is 0.269. The number of halogens is 1. The van der Waals surface area contributed by atoms with Crippen molar-refractivity contribution in [2.24, 2.45) is 0 Å². The highest BCUT2D eigenvalue weighted by atomic mass is 31.2. The minimum absolute atomic E-state index is 0.0780. The molecule has 178 valence electrons. The fourth-order valence-corrected chi connectivity index (χ4v) is 5.51. The molecule has 0 aliphatic heterocycles. The number of ketones is 1. The van der Waals surface area contributed by atoms with Crippen molar-refractivity contribution in [3.8, 4) is 22.4 Å². The SMILES string of the molecule is CCc1nc(-c2ccccc2)c(C)c(-c2ccc(F)cc2)c1CC[P+](O)(O)CC(=O)CC(=O)O. The number of aromatic nitrogens is 1. The van der Waals surface area contributed by atoms with E-state index in [0.717, 1.165) is 39.2 Å². The van der Waals surface area contributed by atoms with Crippen molar-refractivity contribution in [1.82, 2.24) is 4.98 Å². The van der Waals surface area contributed by atoms with E-state index in [0.29, 0.717) is 6.42 Å². The minimum Gasteiger partial charge on any atom is -0.481 e. The molecule has 0 unspecified atom stereocenters. The van der Waals surface area contributed by atoms with Crippen molar-refractivity contribution in [3.05, 3.63) is 77.2 Å². The zero-order chi connectivity index (χ0) is 24.9. The van der Waals surface area contributed by atoms with E-state index in [-0.39, 0.29) is 18.4 Å². The Bertz CT molecular complexity index is 1180. The number of Topliss-reactive ketones (excluding diaryl/α,β-unsaturated/α-hetero) is 1. The molecule has 0 spiro atoms. The third-order valence-corrected chi connectivity index (χ3v) is 7.44. The standard InChI is InChI=1S/C26H27FNO5P/c1-3-23-22(13-14-34(32,33)16-21(29)15-24(30)31)25(18-9-11-20(27)12-10-18)17(2)26(28-23)19-7-5-4-6-8-19/h4-12,32-33H,3,13-16H2,1-2H3/p+1. The summed E-state index contributed by atoms with van der Waals surface area (Å²) in [6, 6.07) is 15.9. The molecule has 0 radical (unpaired) electrons. The number of aryl methyl sites for hydroxylation is 1. The van der Waals surface area contributed by atoms with Gasteiger partial charge in [-0.15, -0.1) is 0 Å². The quantitative estimate of drug-likeness (QED) is 0.281. The molecule has 1 aromatic heterocycles. The molecule has 8 heteroatoms. The number of hydrogen-bond acceptors (Lipinski definition) is 5. The van der Waals surface area contributed by atoms with Crippen LogP contribution in [0, 0.1) is 12.7 Å². The van der Waals surface area contributed by atoms with Crippen molar-refractivity contribution in [3.63, 3.8) is 0 Å². The van der Waals surface area contributed by atoms with Crippen molar-refractivity contribution >= 4 is 19.5 Å². The van der Waals surface area contributed by atoms with E-state index < -0.39 is 32.1 Å². The normalized spacial score (nSPS) is 11.4. The summed E-state index contributed by atoms with van der Waals surface area (Å²) in [7, 11) is -3.66. The average molecular weight is 484 g/mol. The highest BCUT2D eigenvalue weighted by Gasteiger charge is 2.37. The first-order valence-electron chi connectivity index (χ1n) is 11.0. The summed E-state index contributed by atoms with van der Waals surface area (Å²) in [4.78, 5) is 48.5. The van der Waals surface area contributed by atoms with Gasteiger partial charge in [0.2, 0.25) is 0 Å². The predicted octanol–water partition coefficient (Wildman–Crippen LogP) is 4.84. The topological polar surface area (TPSA) is 108 Å². The van der Waals surface area contributed by atoms with E-state index in [4.69, 9.17) is 10.1 Å². The number of benzene rings is 2. The molecule has 6 nitrogen and oxygen atoms in total. The Kier molecular flexibility index (Phi) is 8.26. The molecule has 0 saturated carbocycles. The Hall–Kier alpha value is -2.99. The highest BCUT2D eigenvalue weighted by Crippen LogP contribution is 2.51. The van der Waals surface area contributed by atoms with Crippen LogP contribution in [-0.4, -0.2) is 44.0 Å². The van der Waals surface area contributed by atoms with Crippen molar-refractivity contribution in [1.29, 1.82) is 0 Å². The summed E-state index contributed by atoms with van der Waals surface area (Å²) < 4.78 is 13.7. The Balaban J connectivity index is 2.06. The van der Waals surface area contributed by atoms with Gasteiger partial charge in [-0.2, -0.15) is 0 Å². The summed E-state index contributed by atoms with van der Waals surface area (Å²) >= 11 is 0. The maximum absolute atomic E-state index is 13.7.